The van der Waals surface area contributed by atoms with Crippen molar-refractivity contribution < 1.29 is 9.72 Å². The molecule has 6 heteroatoms. The second kappa shape index (κ2) is 8.24. The van der Waals surface area contributed by atoms with Crippen molar-refractivity contribution >= 4 is 17.3 Å². The van der Waals surface area contributed by atoms with E-state index in [1.54, 1.807) is 0 Å². The number of carbonyl (C=O) groups excluding carboxylic acids is 1. The average molecular weight is 293 g/mol. The zero-order valence-electron chi connectivity index (χ0n) is 12.6. The number of hydrogen-bond acceptors (Lipinski definition) is 4. The maximum absolute atomic E-state index is 11.2. The minimum atomic E-state index is -0.594. The Morgan fingerprint density at radius 3 is 2.67 bits per heavy atom. The number of nitro groups is 1. The van der Waals surface area contributed by atoms with Crippen LogP contribution >= 0.6 is 0 Å². The SMILES string of the molecule is CCCCCCC(C)Nc1cc(C(N)=O)ccc1[N+](=O)[O-]. The molecule has 0 saturated carbocycles. The van der Waals surface area contributed by atoms with E-state index in [1.807, 2.05) is 6.92 Å². The molecule has 1 atom stereocenters. The maximum Gasteiger partial charge on any atom is 0.292 e. The summed E-state index contributed by atoms with van der Waals surface area (Å²) in [5.41, 5.74) is 5.79. The fourth-order valence-corrected chi connectivity index (χ4v) is 2.18. The van der Waals surface area contributed by atoms with Gasteiger partial charge in [0, 0.05) is 17.7 Å². The second-order valence-electron chi connectivity index (χ2n) is 5.25. The summed E-state index contributed by atoms with van der Waals surface area (Å²) in [7, 11) is 0. The molecule has 0 spiro atoms. The number of nitrogens with zero attached hydrogens (tertiary/aromatic N) is 1. The number of nitrogens with one attached hydrogen (secondary N) is 1. The van der Waals surface area contributed by atoms with E-state index in [4.69, 9.17) is 5.73 Å². The highest BCUT2D eigenvalue weighted by Gasteiger charge is 2.17. The molecule has 0 fully saturated rings. The topological polar surface area (TPSA) is 98.3 Å². The van der Waals surface area contributed by atoms with Gasteiger partial charge in [-0.25, -0.2) is 0 Å². The zero-order chi connectivity index (χ0) is 15.8. The zero-order valence-corrected chi connectivity index (χ0v) is 12.6. The number of primary amides is 1. The lowest BCUT2D eigenvalue weighted by atomic mass is 10.1. The van der Waals surface area contributed by atoms with Gasteiger partial charge in [0.25, 0.3) is 5.69 Å². The fourth-order valence-electron chi connectivity index (χ4n) is 2.18. The lowest BCUT2D eigenvalue weighted by Crippen LogP contribution is -2.17. The van der Waals surface area contributed by atoms with Crippen LogP contribution in [0.2, 0.25) is 0 Å². The van der Waals surface area contributed by atoms with E-state index in [2.05, 4.69) is 12.2 Å². The van der Waals surface area contributed by atoms with Crippen LogP contribution in [0.5, 0.6) is 0 Å². The molecule has 0 aliphatic heterocycles. The van der Waals surface area contributed by atoms with Crippen LogP contribution in [0.15, 0.2) is 18.2 Å². The van der Waals surface area contributed by atoms with Crippen LogP contribution in [0, 0.1) is 10.1 Å². The summed E-state index contributed by atoms with van der Waals surface area (Å²) in [5.74, 6) is -0.594. The van der Waals surface area contributed by atoms with Gasteiger partial charge in [0.1, 0.15) is 5.69 Å². The maximum atomic E-state index is 11.2. The molecule has 1 aromatic carbocycles. The molecule has 1 unspecified atom stereocenters. The highest BCUT2D eigenvalue weighted by atomic mass is 16.6. The Morgan fingerprint density at radius 1 is 1.38 bits per heavy atom. The third-order valence-corrected chi connectivity index (χ3v) is 3.37. The van der Waals surface area contributed by atoms with Crippen LogP contribution < -0.4 is 11.1 Å². The van der Waals surface area contributed by atoms with Gasteiger partial charge in [-0.15, -0.1) is 0 Å². The van der Waals surface area contributed by atoms with Crippen molar-refractivity contribution in [2.24, 2.45) is 5.73 Å². The minimum Gasteiger partial charge on any atom is -0.377 e. The summed E-state index contributed by atoms with van der Waals surface area (Å²) in [5, 5.41) is 14.1. The molecule has 0 aliphatic rings. The van der Waals surface area contributed by atoms with E-state index in [0.717, 1.165) is 19.3 Å². The van der Waals surface area contributed by atoms with Crippen molar-refractivity contribution in [1.29, 1.82) is 0 Å². The number of unbranched alkanes of at least 4 members (excludes halogenated alkanes) is 3. The molecule has 21 heavy (non-hydrogen) atoms. The summed E-state index contributed by atoms with van der Waals surface area (Å²) in [6, 6.07) is 4.23. The second-order valence-corrected chi connectivity index (χ2v) is 5.25. The van der Waals surface area contributed by atoms with Crippen LogP contribution in [-0.2, 0) is 0 Å². The quantitative estimate of drug-likeness (QED) is 0.414. The van der Waals surface area contributed by atoms with Gasteiger partial charge in [0.05, 0.1) is 4.92 Å². The Labute approximate surface area is 124 Å². The molecule has 0 bridgehead atoms. The third-order valence-electron chi connectivity index (χ3n) is 3.37. The fraction of sp³-hybridized carbons (Fsp3) is 0.533. The van der Waals surface area contributed by atoms with Crippen molar-refractivity contribution in [3.63, 3.8) is 0 Å². The standard InChI is InChI=1S/C15H23N3O3/c1-3-4-5-6-7-11(2)17-13-10-12(15(16)19)8-9-14(13)18(20)21/h8-11,17H,3-7H2,1-2H3,(H2,16,19). The van der Waals surface area contributed by atoms with Gasteiger partial charge in [-0.2, -0.15) is 0 Å². The first kappa shape index (κ1) is 16.9. The van der Waals surface area contributed by atoms with Crippen LogP contribution in [0.1, 0.15) is 56.3 Å². The van der Waals surface area contributed by atoms with E-state index in [-0.39, 0.29) is 17.3 Å². The Morgan fingerprint density at radius 2 is 2.10 bits per heavy atom. The Bertz CT molecular complexity index is 503. The van der Waals surface area contributed by atoms with Crippen molar-refractivity contribution in [2.75, 3.05) is 5.32 Å². The molecule has 0 aromatic heterocycles. The van der Waals surface area contributed by atoms with Crippen molar-refractivity contribution in [3.05, 3.63) is 33.9 Å². The molecule has 1 aromatic rings. The Balaban J connectivity index is 2.77. The number of hydrogen-bond donors (Lipinski definition) is 2. The molecule has 3 N–H and O–H groups in total. The number of nitrogens with two attached hydrogens (primary N) is 1. The molecular weight excluding hydrogens is 270 g/mol. The molecule has 116 valence electrons. The minimum absolute atomic E-state index is 0.0413. The summed E-state index contributed by atoms with van der Waals surface area (Å²) in [4.78, 5) is 21.8. The van der Waals surface area contributed by atoms with Gasteiger partial charge in [0.2, 0.25) is 5.91 Å². The number of benzene rings is 1. The van der Waals surface area contributed by atoms with Crippen LogP contribution in [0.4, 0.5) is 11.4 Å². The molecule has 0 aliphatic carbocycles. The summed E-state index contributed by atoms with van der Waals surface area (Å²) in [6.07, 6.45) is 5.53. The van der Waals surface area contributed by atoms with Gasteiger partial charge in [0.15, 0.2) is 0 Å². The summed E-state index contributed by atoms with van der Waals surface area (Å²) in [6.45, 7) is 4.13. The first-order valence-corrected chi connectivity index (χ1v) is 7.30. The van der Waals surface area contributed by atoms with Gasteiger partial charge in [-0.1, -0.05) is 32.6 Å². The van der Waals surface area contributed by atoms with Gasteiger partial charge in [-0.3, -0.25) is 14.9 Å². The lowest BCUT2D eigenvalue weighted by molar-refractivity contribution is -0.384. The van der Waals surface area contributed by atoms with E-state index >= 15 is 0 Å². The number of anilines is 1. The average Bonchev–Trinajstić information content (AvgIpc) is 2.43. The predicted octanol–water partition coefficient (Wildman–Crippen LogP) is 3.46. The Kier molecular flexibility index (Phi) is 6.65. The molecule has 0 radical (unpaired) electrons. The first-order valence-electron chi connectivity index (χ1n) is 7.30. The lowest BCUT2D eigenvalue weighted by Gasteiger charge is -2.15. The summed E-state index contributed by atoms with van der Waals surface area (Å²) < 4.78 is 0. The van der Waals surface area contributed by atoms with Crippen LogP contribution in [0.3, 0.4) is 0 Å². The van der Waals surface area contributed by atoms with Crippen molar-refractivity contribution in [2.45, 2.75) is 52.0 Å². The largest absolute Gasteiger partial charge is 0.377 e. The van der Waals surface area contributed by atoms with E-state index in [1.165, 1.54) is 31.0 Å². The monoisotopic (exact) mass is 293 g/mol. The molecule has 1 amide bonds. The molecule has 0 heterocycles. The number of amides is 1. The Hall–Kier alpha value is -2.11. The molecule has 0 saturated heterocycles. The third kappa shape index (κ3) is 5.41. The van der Waals surface area contributed by atoms with Crippen LogP contribution in [-0.4, -0.2) is 16.9 Å². The number of rotatable bonds is 9. The van der Waals surface area contributed by atoms with Gasteiger partial charge in [-0.05, 0) is 25.5 Å². The van der Waals surface area contributed by atoms with E-state index < -0.39 is 10.8 Å². The van der Waals surface area contributed by atoms with Crippen molar-refractivity contribution in [3.8, 4) is 0 Å². The van der Waals surface area contributed by atoms with E-state index in [0.29, 0.717) is 5.69 Å². The predicted molar refractivity (Wildman–Crippen MR) is 83.5 cm³/mol. The summed E-state index contributed by atoms with van der Waals surface area (Å²) >= 11 is 0. The van der Waals surface area contributed by atoms with Gasteiger partial charge >= 0.3 is 0 Å². The molecular formula is C15H23N3O3. The normalized spacial score (nSPS) is 11.9. The number of carbonyl (C=O) groups is 1. The van der Waals surface area contributed by atoms with Crippen molar-refractivity contribution in [1.82, 2.24) is 0 Å². The smallest absolute Gasteiger partial charge is 0.292 e. The van der Waals surface area contributed by atoms with Gasteiger partial charge < -0.3 is 11.1 Å². The first-order chi connectivity index (χ1) is 9.95. The molecule has 6 nitrogen and oxygen atoms in total. The highest BCUT2D eigenvalue weighted by Crippen LogP contribution is 2.26. The van der Waals surface area contributed by atoms with Crippen LogP contribution in [0.25, 0.3) is 0 Å². The molecule has 1 rings (SSSR count). The van der Waals surface area contributed by atoms with E-state index in [9.17, 15) is 14.9 Å². The highest BCUT2D eigenvalue weighted by molar-refractivity contribution is 5.94. The number of nitro benzene ring substituents is 1.